The zero-order chi connectivity index (χ0) is 13.8. The third-order valence-corrected chi connectivity index (χ3v) is 5.52. The first-order chi connectivity index (χ1) is 9.15. The predicted molar refractivity (Wildman–Crippen MR) is 84.0 cm³/mol. The highest BCUT2D eigenvalue weighted by atomic mass is 35.5. The molecule has 0 aromatic carbocycles. The number of rotatable bonds is 6. The van der Waals surface area contributed by atoms with Crippen molar-refractivity contribution in [3.8, 4) is 0 Å². The Morgan fingerprint density at radius 3 is 2.84 bits per heavy atom. The topological polar surface area (TPSA) is 29.9 Å². The highest BCUT2D eigenvalue weighted by Gasteiger charge is 2.24. The first kappa shape index (κ1) is 15.2. The second kappa shape index (κ2) is 7.00. The summed E-state index contributed by atoms with van der Waals surface area (Å²) in [5.41, 5.74) is 2.12. The summed E-state index contributed by atoms with van der Waals surface area (Å²) in [5.74, 6) is 1.23. The van der Waals surface area contributed by atoms with Gasteiger partial charge in [-0.25, -0.2) is 0 Å². The first-order valence-corrected chi connectivity index (χ1v) is 8.63. The van der Waals surface area contributed by atoms with Crippen molar-refractivity contribution in [2.24, 2.45) is 7.05 Å². The van der Waals surface area contributed by atoms with Crippen LogP contribution in [0, 0.1) is 0 Å². The van der Waals surface area contributed by atoms with Crippen molar-refractivity contribution in [1.82, 2.24) is 15.1 Å². The molecule has 2 unspecified atom stereocenters. The van der Waals surface area contributed by atoms with E-state index in [1.165, 1.54) is 25.0 Å². The average molecular weight is 302 g/mol. The van der Waals surface area contributed by atoms with Crippen LogP contribution in [0.4, 0.5) is 0 Å². The van der Waals surface area contributed by atoms with E-state index in [9.17, 15) is 0 Å². The summed E-state index contributed by atoms with van der Waals surface area (Å²) in [6.07, 6.45) is 4.81. The van der Waals surface area contributed by atoms with E-state index >= 15 is 0 Å². The van der Waals surface area contributed by atoms with Crippen LogP contribution >= 0.6 is 23.4 Å². The molecular formula is C14H24ClN3S. The number of nitrogens with one attached hydrogen (secondary N) is 1. The van der Waals surface area contributed by atoms with E-state index < -0.39 is 0 Å². The van der Waals surface area contributed by atoms with Crippen LogP contribution in [-0.4, -0.2) is 26.8 Å². The maximum atomic E-state index is 6.37. The van der Waals surface area contributed by atoms with E-state index in [1.54, 1.807) is 0 Å². The molecule has 1 fully saturated rings. The largest absolute Gasteiger partial charge is 0.308 e. The molecule has 0 spiro atoms. The molecule has 1 aliphatic carbocycles. The Hall–Kier alpha value is -0.190. The van der Waals surface area contributed by atoms with Gasteiger partial charge in [0.1, 0.15) is 0 Å². The number of nitrogens with zero attached hydrogens (tertiary/aromatic N) is 2. The van der Waals surface area contributed by atoms with Crippen molar-refractivity contribution < 1.29 is 0 Å². The summed E-state index contributed by atoms with van der Waals surface area (Å²) < 4.78 is 1.92. The summed E-state index contributed by atoms with van der Waals surface area (Å²) in [6.45, 7) is 5.17. The Bertz CT molecular complexity index is 419. The van der Waals surface area contributed by atoms with Gasteiger partial charge in [-0.1, -0.05) is 25.4 Å². The molecule has 1 aromatic heterocycles. The molecule has 0 radical (unpaired) electrons. The molecule has 1 saturated carbocycles. The van der Waals surface area contributed by atoms with Gasteiger partial charge in [0, 0.05) is 24.9 Å². The van der Waals surface area contributed by atoms with E-state index in [0.717, 1.165) is 34.6 Å². The van der Waals surface area contributed by atoms with Gasteiger partial charge in [-0.05, 0) is 31.4 Å². The van der Waals surface area contributed by atoms with Gasteiger partial charge in [0.2, 0.25) is 0 Å². The summed E-state index contributed by atoms with van der Waals surface area (Å²) >= 11 is 8.46. The Balaban J connectivity index is 1.88. The molecule has 1 aromatic rings. The highest BCUT2D eigenvalue weighted by molar-refractivity contribution is 7.99. The van der Waals surface area contributed by atoms with Crippen LogP contribution in [0.5, 0.6) is 0 Å². The lowest BCUT2D eigenvalue weighted by atomic mass is 10.2. The van der Waals surface area contributed by atoms with Crippen LogP contribution < -0.4 is 5.32 Å². The molecular weight excluding hydrogens is 278 g/mol. The molecule has 1 heterocycles. The minimum atomic E-state index is 0.639. The van der Waals surface area contributed by atoms with E-state index in [0.29, 0.717) is 6.04 Å². The maximum Gasteiger partial charge on any atom is 0.0863 e. The van der Waals surface area contributed by atoms with Crippen molar-refractivity contribution >= 4 is 23.4 Å². The van der Waals surface area contributed by atoms with Crippen LogP contribution in [0.3, 0.4) is 0 Å². The fourth-order valence-electron chi connectivity index (χ4n) is 2.77. The van der Waals surface area contributed by atoms with Crippen molar-refractivity contribution in [2.45, 2.75) is 57.4 Å². The zero-order valence-electron chi connectivity index (χ0n) is 12.1. The SMILES string of the molecule is CCSC1CCC(NCc2c(Cl)c(CC)nn2C)C1. The molecule has 0 aliphatic heterocycles. The van der Waals surface area contributed by atoms with Gasteiger partial charge in [0.15, 0.2) is 0 Å². The van der Waals surface area contributed by atoms with Crippen molar-refractivity contribution in [3.05, 3.63) is 16.4 Å². The minimum absolute atomic E-state index is 0.639. The smallest absolute Gasteiger partial charge is 0.0863 e. The van der Waals surface area contributed by atoms with Gasteiger partial charge in [-0.15, -0.1) is 0 Å². The fourth-order valence-corrected chi connectivity index (χ4v) is 4.27. The van der Waals surface area contributed by atoms with Gasteiger partial charge in [0.25, 0.3) is 0 Å². The van der Waals surface area contributed by atoms with E-state index in [1.807, 2.05) is 11.7 Å². The van der Waals surface area contributed by atoms with Gasteiger partial charge in [0.05, 0.1) is 16.4 Å². The molecule has 1 N–H and O–H groups in total. The summed E-state index contributed by atoms with van der Waals surface area (Å²) in [5, 5.41) is 9.79. The van der Waals surface area contributed by atoms with Crippen LogP contribution in [-0.2, 0) is 20.0 Å². The highest BCUT2D eigenvalue weighted by Crippen LogP contribution is 2.30. The van der Waals surface area contributed by atoms with Crippen molar-refractivity contribution in [2.75, 3.05) is 5.75 Å². The number of hydrogen-bond acceptors (Lipinski definition) is 3. The Labute approximate surface area is 125 Å². The molecule has 5 heteroatoms. The monoisotopic (exact) mass is 301 g/mol. The van der Waals surface area contributed by atoms with Crippen LogP contribution in [0.25, 0.3) is 0 Å². The second-order valence-corrected chi connectivity index (χ2v) is 7.11. The second-order valence-electron chi connectivity index (χ2n) is 5.15. The lowest BCUT2D eigenvalue weighted by molar-refractivity contribution is 0.508. The molecule has 2 atom stereocenters. The number of halogens is 1. The number of thioether (sulfide) groups is 1. The quantitative estimate of drug-likeness (QED) is 0.873. The lowest BCUT2D eigenvalue weighted by Crippen LogP contribution is -2.27. The van der Waals surface area contributed by atoms with Crippen molar-refractivity contribution in [3.63, 3.8) is 0 Å². The normalized spacial score (nSPS) is 23.2. The third-order valence-electron chi connectivity index (χ3n) is 3.85. The zero-order valence-corrected chi connectivity index (χ0v) is 13.7. The van der Waals surface area contributed by atoms with Gasteiger partial charge < -0.3 is 5.32 Å². The molecule has 108 valence electrons. The standard InChI is InChI=1S/C14H24ClN3S/c1-4-12-14(15)13(18(3)17-12)9-16-10-6-7-11(8-10)19-5-2/h10-11,16H,4-9H2,1-3H3. The van der Waals surface area contributed by atoms with Gasteiger partial charge >= 0.3 is 0 Å². The number of aryl methyl sites for hydroxylation is 2. The summed E-state index contributed by atoms with van der Waals surface area (Å²) in [4.78, 5) is 0. The number of aromatic nitrogens is 2. The number of hydrogen-bond donors (Lipinski definition) is 1. The predicted octanol–water partition coefficient (Wildman–Crippen LogP) is 3.40. The molecule has 0 saturated heterocycles. The molecule has 2 rings (SSSR count). The Kier molecular flexibility index (Phi) is 5.60. The van der Waals surface area contributed by atoms with E-state index in [4.69, 9.17) is 11.6 Å². The molecule has 19 heavy (non-hydrogen) atoms. The van der Waals surface area contributed by atoms with Gasteiger partial charge in [-0.2, -0.15) is 16.9 Å². The van der Waals surface area contributed by atoms with E-state index in [2.05, 4.69) is 36.0 Å². The minimum Gasteiger partial charge on any atom is -0.308 e. The Morgan fingerprint density at radius 1 is 1.42 bits per heavy atom. The lowest BCUT2D eigenvalue weighted by Gasteiger charge is -2.13. The first-order valence-electron chi connectivity index (χ1n) is 7.20. The third kappa shape index (κ3) is 3.67. The molecule has 0 bridgehead atoms. The summed E-state index contributed by atoms with van der Waals surface area (Å²) in [7, 11) is 1.98. The van der Waals surface area contributed by atoms with E-state index in [-0.39, 0.29) is 0 Å². The molecule has 1 aliphatic rings. The molecule has 3 nitrogen and oxygen atoms in total. The van der Waals surface area contributed by atoms with Crippen LogP contribution in [0.15, 0.2) is 0 Å². The van der Waals surface area contributed by atoms with Crippen LogP contribution in [0.2, 0.25) is 5.02 Å². The van der Waals surface area contributed by atoms with Crippen molar-refractivity contribution in [1.29, 1.82) is 0 Å². The maximum absolute atomic E-state index is 6.37. The fraction of sp³-hybridized carbons (Fsp3) is 0.786. The van der Waals surface area contributed by atoms with Crippen LogP contribution in [0.1, 0.15) is 44.5 Å². The average Bonchev–Trinajstić information content (AvgIpc) is 2.93. The Morgan fingerprint density at radius 2 is 2.21 bits per heavy atom. The molecule has 0 amide bonds. The summed E-state index contributed by atoms with van der Waals surface area (Å²) in [6, 6.07) is 0.639. The van der Waals surface area contributed by atoms with Gasteiger partial charge in [-0.3, -0.25) is 4.68 Å².